The van der Waals surface area contributed by atoms with Crippen molar-refractivity contribution >= 4 is 5.69 Å². The molecule has 4 nitrogen and oxygen atoms in total. The van der Waals surface area contributed by atoms with Crippen LogP contribution in [0.15, 0.2) is 12.4 Å². The van der Waals surface area contributed by atoms with Crippen molar-refractivity contribution < 1.29 is 17.9 Å². The highest BCUT2D eigenvalue weighted by Crippen LogP contribution is 2.14. The molecule has 1 heterocycles. The lowest BCUT2D eigenvalue weighted by molar-refractivity contribution is -0.174. The fraction of sp³-hybridized carbons (Fsp3) is 0.571. The van der Waals surface area contributed by atoms with Gasteiger partial charge in [-0.1, -0.05) is 0 Å². The summed E-state index contributed by atoms with van der Waals surface area (Å²) >= 11 is 0. The minimum Gasteiger partial charge on any atom is -0.396 e. The van der Waals surface area contributed by atoms with Crippen molar-refractivity contribution in [2.75, 3.05) is 18.9 Å². The molecule has 80 valence electrons. The summed E-state index contributed by atoms with van der Waals surface area (Å²) in [6.45, 7) is -1.02. The van der Waals surface area contributed by atoms with Gasteiger partial charge in [-0.15, -0.1) is 0 Å². The van der Waals surface area contributed by atoms with E-state index in [0.717, 1.165) is 0 Å². The van der Waals surface area contributed by atoms with Crippen LogP contribution in [0.1, 0.15) is 0 Å². The first-order valence-corrected chi connectivity index (χ1v) is 3.90. The molecule has 7 heteroatoms. The summed E-state index contributed by atoms with van der Waals surface area (Å²) in [5.41, 5.74) is 5.82. The number of alkyl halides is 3. The van der Waals surface area contributed by atoms with Gasteiger partial charge in [0.25, 0.3) is 0 Å². The van der Waals surface area contributed by atoms with Gasteiger partial charge in [0.2, 0.25) is 0 Å². The highest BCUT2D eigenvalue weighted by Gasteiger charge is 2.27. The van der Waals surface area contributed by atoms with Crippen LogP contribution >= 0.6 is 0 Å². The maximum absolute atomic E-state index is 11.6. The molecule has 14 heavy (non-hydrogen) atoms. The first-order chi connectivity index (χ1) is 6.47. The molecule has 0 bridgehead atoms. The Bertz CT molecular complexity index is 284. The smallest absolute Gasteiger partial charge is 0.396 e. The van der Waals surface area contributed by atoms with E-state index in [0.29, 0.717) is 5.69 Å². The summed E-state index contributed by atoms with van der Waals surface area (Å²) in [5, 5.41) is 3.78. The Balaban J connectivity index is 2.16. The van der Waals surface area contributed by atoms with Gasteiger partial charge in [0, 0.05) is 6.20 Å². The van der Waals surface area contributed by atoms with Gasteiger partial charge < -0.3 is 10.5 Å². The average Bonchev–Trinajstić information content (AvgIpc) is 2.44. The summed E-state index contributed by atoms with van der Waals surface area (Å²) in [5.74, 6) is 0. The fourth-order valence-corrected chi connectivity index (χ4v) is 0.848. The fourth-order valence-electron chi connectivity index (χ4n) is 0.848. The average molecular weight is 209 g/mol. The maximum atomic E-state index is 11.6. The van der Waals surface area contributed by atoms with Gasteiger partial charge in [0.15, 0.2) is 0 Å². The Morgan fingerprint density at radius 3 is 2.71 bits per heavy atom. The third-order valence-corrected chi connectivity index (χ3v) is 1.38. The second-order valence-electron chi connectivity index (χ2n) is 2.70. The molecule has 0 aliphatic heterocycles. The zero-order valence-electron chi connectivity index (χ0n) is 7.29. The van der Waals surface area contributed by atoms with Crippen LogP contribution in [-0.2, 0) is 11.3 Å². The number of aromatic nitrogens is 2. The van der Waals surface area contributed by atoms with E-state index in [1.165, 1.54) is 17.1 Å². The number of hydrogen-bond acceptors (Lipinski definition) is 3. The molecule has 0 unspecified atom stereocenters. The molecule has 2 N–H and O–H groups in total. The molecule has 0 aliphatic rings. The Hall–Kier alpha value is -1.24. The molecule has 0 atom stereocenters. The normalized spacial score (nSPS) is 11.9. The van der Waals surface area contributed by atoms with Crippen LogP contribution in [-0.4, -0.2) is 29.2 Å². The molecule has 0 amide bonds. The lowest BCUT2D eigenvalue weighted by Crippen LogP contribution is -2.19. The van der Waals surface area contributed by atoms with Gasteiger partial charge in [0.1, 0.15) is 6.61 Å². The molecule has 1 rings (SSSR count). The third kappa shape index (κ3) is 4.13. The predicted octanol–water partition coefficient (Wildman–Crippen LogP) is 1.04. The third-order valence-electron chi connectivity index (χ3n) is 1.38. The van der Waals surface area contributed by atoms with Crippen LogP contribution < -0.4 is 5.73 Å². The van der Waals surface area contributed by atoms with E-state index in [9.17, 15) is 13.2 Å². The summed E-state index contributed by atoms with van der Waals surface area (Å²) in [7, 11) is 0. The minimum atomic E-state index is -4.27. The highest BCUT2D eigenvalue weighted by molar-refractivity contribution is 5.30. The molecule has 0 aliphatic carbocycles. The number of halogens is 3. The minimum absolute atomic E-state index is 0.0410. The van der Waals surface area contributed by atoms with E-state index in [-0.39, 0.29) is 13.2 Å². The number of nitrogen functional groups attached to an aromatic ring is 1. The summed E-state index contributed by atoms with van der Waals surface area (Å²) in [4.78, 5) is 0. The van der Waals surface area contributed by atoms with Gasteiger partial charge in [0.05, 0.1) is 25.0 Å². The Labute approximate surface area is 78.4 Å². The zero-order valence-corrected chi connectivity index (χ0v) is 7.29. The van der Waals surface area contributed by atoms with Gasteiger partial charge >= 0.3 is 6.18 Å². The predicted molar refractivity (Wildman–Crippen MR) is 43.5 cm³/mol. The van der Waals surface area contributed by atoms with E-state index >= 15 is 0 Å². The lowest BCUT2D eigenvalue weighted by atomic mass is 10.6. The number of nitrogens with two attached hydrogens (primary N) is 1. The number of anilines is 1. The first-order valence-electron chi connectivity index (χ1n) is 3.90. The summed E-state index contributed by atoms with van der Waals surface area (Å²) in [6, 6.07) is 0. The molecular weight excluding hydrogens is 199 g/mol. The molecular formula is C7H10F3N3O. The van der Waals surface area contributed by atoms with Crippen molar-refractivity contribution in [1.82, 2.24) is 9.78 Å². The molecule has 0 saturated carbocycles. The second-order valence-corrected chi connectivity index (χ2v) is 2.70. The van der Waals surface area contributed by atoms with Crippen molar-refractivity contribution in [3.05, 3.63) is 12.4 Å². The van der Waals surface area contributed by atoms with Crippen molar-refractivity contribution in [2.24, 2.45) is 0 Å². The first kappa shape index (κ1) is 10.8. The monoisotopic (exact) mass is 209 g/mol. The maximum Gasteiger partial charge on any atom is 0.411 e. The van der Waals surface area contributed by atoms with E-state index in [1.807, 2.05) is 0 Å². The van der Waals surface area contributed by atoms with Crippen molar-refractivity contribution in [3.63, 3.8) is 0 Å². The molecule has 0 spiro atoms. The Kier molecular flexibility index (Phi) is 3.34. The summed E-state index contributed by atoms with van der Waals surface area (Å²) in [6.07, 6.45) is -1.33. The van der Waals surface area contributed by atoms with Gasteiger partial charge in [-0.2, -0.15) is 18.3 Å². The lowest BCUT2D eigenvalue weighted by Gasteiger charge is -2.07. The van der Waals surface area contributed by atoms with Crippen LogP contribution in [0.25, 0.3) is 0 Å². The largest absolute Gasteiger partial charge is 0.411 e. The van der Waals surface area contributed by atoms with Crippen molar-refractivity contribution in [2.45, 2.75) is 12.7 Å². The Morgan fingerprint density at radius 2 is 2.21 bits per heavy atom. The van der Waals surface area contributed by atoms with Crippen LogP contribution in [0.4, 0.5) is 18.9 Å². The molecule has 1 aromatic heterocycles. The van der Waals surface area contributed by atoms with Gasteiger partial charge in [-0.25, -0.2) is 0 Å². The van der Waals surface area contributed by atoms with Crippen LogP contribution in [0.5, 0.6) is 0 Å². The quantitative estimate of drug-likeness (QED) is 0.754. The van der Waals surface area contributed by atoms with Crippen LogP contribution in [0.3, 0.4) is 0 Å². The molecule has 0 aromatic carbocycles. The number of nitrogens with zero attached hydrogens (tertiary/aromatic N) is 2. The van der Waals surface area contributed by atoms with Crippen molar-refractivity contribution in [3.8, 4) is 0 Å². The van der Waals surface area contributed by atoms with Crippen LogP contribution in [0, 0.1) is 0 Å². The molecule has 1 aromatic rings. The van der Waals surface area contributed by atoms with E-state index < -0.39 is 12.8 Å². The molecule has 0 radical (unpaired) electrons. The number of ether oxygens (including phenoxy) is 1. The Morgan fingerprint density at radius 1 is 1.50 bits per heavy atom. The standard InChI is InChI=1S/C7H10F3N3O/c8-7(9,10)5-14-2-1-13-4-6(11)3-12-13/h3-4H,1-2,5,11H2. The van der Waals surface area contributed by atoms with Gasteiger partial charge in [-0.05, 0) is 0 Å². The highest BCUT2D eigenvalue weighted by atomic mass is 19.4. The van der Waals surface area contributed by atoms with E-state index in [4.69, 9.17) is 5.73 Å². The zero-order chi connectivity index (χ0) is 10.6. The van der Waals surface area contributed by atoms with E-state index in [2.05, 4.69) is 9.84 Å². The van der Waals surface area contributed by atoms with E-state index in [1.54, 1.807) is 0 Å². The van der Waals surface area contributed by atoms with Gasteiger partial charge in [-0.3, -0.25) is 4.68 Å². The number of rotatable bonds is 4. The molecule has 0 fully saturated rings. The van der Waals surface area contributed by atoms with Crippen LogP contribution in [0.2, 0.25) is 0 Å². The summed E-state index contributed by atoms with van der Waals surface area (Å²) < 4.78 is 40.7. The SMILES string of the molecule is Nc1cnn(CCOCC(F)(F)F)c1. The second kappa shape index (κ2) is 4.32. The van der Waals surface area contributed by atoms with Crippen molar-refractivity contribution in [1.29, 1.82) is 0 Å². The molecule has 0 saturated heterocycles. The number of hydrogen-bond donors (Lipinski definition) is 1. The topological polar surface area (TPSA) is 53.1 Å².